The molecule has 0 aromatic heterocycles. The third-order valence-corrected chi connectivity index (χ3v) is 14.9. The molecule has 0 unspecified atom stereocenters. The number of fused-ring (bicyclic) bond motifs is 6. The number of likely N-dealkylation sites (N-methyl/N-ethyl adjacent to an activating group) is 2. The minimum absolute atomic E-state index is 0. The third-order valence-electron chi connectivity index (χ3n) is 11.2. The van der Waals surface area contributed by atoms with E-state index in [0.717, 1.165) is 76.1 Å². The maximum Gasteiger partial charge on any atom is 0.331 e. The maximum atomic E-state index is 12.6. The van der Waals surface area contributed by atoms with Crippen molar-refractivity contribution in [3.05, 3.63) is 94.0 Å². The number of nitrogens with two attached hydrogens (primary N) is 1. The molecule has 19 nitrogen and oxygen atoms in total. The van der Waals surface area contributed by atoms with Crippen LogP contribution in [0, 0.1) is 0 Å². The number of carbonyl (C=O) groups excluding carboxylic acids is 3. The molecule has 4 aliphatic rings. The van der Waals surface area contributed by atoms with Crippen molar-refractivity contribution in [2.24, 2.45) is 11.1 Å². The monoisotopic (exact) mass is 948 g/mol. The standard InChI is InChI=1S/C22H26N4O4S.C20H21N3O4S.C2H5NO3.CH4/c1-5-30-24-21-18-12-17(14-6-8-15(9-7-14)31(28,29)25(2)3)16-10-11-26(4)13-19(16)20(18)23-22(21)27;1-22(2)28(26,27)13-6-4-12(5-7-13)15-10-16-18(21-20(25)19(16)24)17-11-23(3)9-8-14(15)17;3-6-1-2(4)5;/h6-9,12H,5,10-11,13H2,1-4H3,(H,23,24,27);4-7,10H,8-9,11H2,1-3H3,(H,21,24,25);1,3H2,(H,4,5);1H4. The van der Waals surface area contributed by atoms with Crippen LogP contribution < -0.4 is 16.5 Å². The number of oxime groups is 1. The van der Waals surface area contributed by atoms with Gasteiger partial charge in [-0.2, -0.15) is 0 Å². The number of sulfonamides is 2. The lowest BCUT2D eigenvalue weighted by atomic mass is 9.87. The van der Waals surface area contributed by atoms with Crippen LogP contribution in [0.5, 0.6) is 0 Å². The summed E-state index contributed by atoms with van der Waals surface area (Å²) in [6.45, 7) is 4.88. The van der Waals surface area contributed by atoms with E-state index in [-0.39, 0.29) is 28.8 Å². The SMILES string of the molecule is C.CCO/N=C1\C(=O)Nc2c1cc(-c1ccc(S(=O)(=O)N(C)C)cc1)c1c2CN(C)CC1.CN1CCc2c(-c3ccc(S(=O)(=O)N(C)C)cc3)cc3c(c2C1)NC(=O)C3=O.NOCC(=O)O. The summed E-state index contributed by atoms with van der Waals surface area (Å²) in [6, 6.07) is 17.3. The predicted octanol–water partition coefficient (Wildman–Crippen LogP) is 3.61. The lowest BCUT2D eigenvalue weighted by Crippen LogP contribution is -2.27. The Kier molecular flexibility index (Phi) is 16.0. The fraction of sp³-hybridized carbons (Fsp3) is 0.356. The Balaban J connectivity index is 0.000000218. The Labute approximate surface area is 385 Å². The summed E-state index contributed by atoms with van der Waals surface area (Å²) in [4.78, 5) is 59.9. The average Bonchev–Trinajstić information content (AvgIpc) is 3.75. The van der Waals surface area contributed by atoms with Crippen LogP contribution in [-0.2, 0) is 70.0 Å². The molecule has 0 fully saturated rings. The second-order valence-corrected chi connectivity index (χ2v) is 20.3. The van der Waals surface area contributed by atoms with Crippen LogP contribution in [0.1, 0.15) is 52.5 Å². The predicted molar refractivity (Wildman–Crippen MR) is 250 cm³/mol. The summed E-state index contributed by atoms with van der Waals surface area (Å²) in [7, 11) is 3.06. The molecule has 4 aromatic rings. The highest BCUT2D eigenvalue weighted by atomic mass is 32.2. The maximum absolute atomic E-state index is 12.6. The summed E-state index contributed by atoms with van der Waals surface area (Å²) in [5, 5.41) is 17.4. The van der Waals surface area contributed by atoms with Gasteiger partial charge in [-0.05, 0) is 115 Å². The smallest absolute Gasteiger partial charge is 0.331 e. The van der Waals surface area contributed by atoms with Crippen molar-refractivity contribution in [3.63, 3.8) is 0 Å². The number of anilines is 2. The van der Waals surface area contributed by atoms with E-state index in [1.807, 2.05) is 32.2 Å². The molecule has 0 atom stereocenters. The zero-order valence-electron chi connectivity index (χ0n) is 37.1. The van der Waals surface area contributed by atoms with Gasteiger partial charge in [0.05, 0.1) is 26.7 Å². The molecule has 354 valence electrons. The van der Waals surface area contributed by atoms with Crippen molar-refractivity contribution >= 4 is 60.7 Å². The molecule has 5 N–H and O–H groups in total. The number of rotatable bonds is 10. The van der Waals surface area contributed by atoms with Crippen LogP contribution in [0.3, 0.4) is 0 Å². The molecular weight excluding hydrogens is 893 g/mol. The molecule has 8 rings (SSSR count). The van der Waals surface area contributed by atoms with E-state index in [2.05, 4.69) is 43.4 Å². The van der Waals surface area contributed by atoms with Gasteiger partial charge in [-0.1, -0.05) is 36.8 Å². The number of nitrogens with zero attached hydrogens (tertiary/aromatic N) is 5. The van der Waals surface area contributed by atoms with Gasteiger partial charge < -0.3 is 30.4 Å². The van der Waals surface area contributed by atoms with Gasteiger partial charge in [0.2, 0.25) is 20.0 Å². The molecule has 0 spiro atoms. The van der Waals surface area contributed by atoms with E-state index in [4.69, 9.17) is 9.94 Å². The Hall–Kier alpha value is -5.91. The number of aliphatic carboxylic acids is 1. The first kappa shape index (κ1) is 51.1. The number of hydrogen-bond donors (Lipinski definition) is 4. The second-order valence-electron chi connectivity index (χ2n) is 16.0. The van der Waals surface area contributed by atoms with Crippen LogP contribution >= 0.6 is 0 Å². The highest BCUT2D eigenvalue weighted by molar-refractivity contribution is 7.89. The fourth-order valence-corrected chi connectivity index (χ4v) is 9.67. The first-order valence-corrected chi connectivity index (χ1v) is 23.3. The molecule has 0 aliphatic carbocycles. The molecule has 66 heavy (non-hydrogen) atoms. The van der Waals surface area contributed by atoms with E-state index in [1.54, 1.807) is 42.5 Å². The largest absolute Gasteiger partial charge is 0.479 e. The zero-order valence-corrected chi connectivity index (χ0v) is 38.7. The molecule has 0 radical (unpaired) electrons. The third kappa shape index (κ3) is 10.4. The number of Topliss-reactive ketones (excluding diaryl/α,β-unsaturated/α-hetero) is 1. The lowest BCUT2D eigenvalue weighted by molar-refractivity contribution is -0.142. The number of ketones is 1. The summed E-state index contributed by atoms with van der Waals surface area (Å²) in [5.74, 6) is 1.89. The van der Waals surface area contributed by atoms with E-state index in [1.165, 1.54) is 36.8 Å². The Morgan fingerprint density at radius 1 is 0.712 bits per heavy atom. The van der Waals surface area contributed by atoms with Crippen LogP contribution in [0.15, 0.2) is 75.6 Å². The van der Waals surface area contributed by atoms with Crippen molar-refractivity contribution < 1.29 is 50.8 Å². The average molecular weight is 949 g/mol. The van der Waals surface area contributed by atoms with E-state index >= 15 is 0 Å². The van der Waals surface area contributed by atoms with Crippen LogP contribution in [0.4, 0.5) is 11.4 Å². The topological polar surface area (TPSA) is 251 Å². The fourth-order valence-electron chi connectivity index (χ4n) is 7.86. The Morgan fingerprint density at radius 2 is 1.14 bits per heavy atom. The summed E-state index contributed by atoms with van der Waals surface area (Å²) >= 11 is 0. The summed E-state index contributed by atoms with van der Waals surface area (Å²) in [5.41, 5.74) is 10.7. The number of hydrogen-bond acceptors (Lipinski definition) is 14. The first-order valence-electron chi connectivity index (χ1n) is 20.4. The normalized spacial score (nSPS) is 16.2. The van der Waals surface area contributed by atoms with Gasteiger partial charge in [-0.15, -0.1) is 0 Å². The van der Waals surface area contributed by atoms with Gasteiger partial charge in [0, 0.05) is 59.9 Å². The van der Waals surface area contributed by atoms with Gasteiger partial charge in [0.25, 0.3) is 17.6 Å². The van der Waals surface area contributed by atoms with Crippen LogP contribution in [0.25, 0.3) is 22.3 Å². The van der Waals surface area contributed by atoms with Crippen molar-refractivity contribution in [1.82, 2.24) is 18.4 Å². The number of amides is 2. The molecule has 4 heterocycles. The van der Waals surface area contributed by atoms with E-state index in [0.29, 0.717) is 36.5 Å². The molecule has 0 saturated carbocycles. The minimum Gasteiger partial charge on any atom is -0.479 e. The molecule has 4 aromatic carbocycles. The molecule has 0 saturated heterocycles. The zero-order chi connectivity index (χ0) is 47.5. The summed E-state index contributed by atoms with van der Waals surface area (Å²) < 4.78 is 51.8. The van der Waals surface area contributed by atoms with E-state index < -0.39 is 44.3 Å². The number of benzene rings is 4. The molecule has 21 heteroatoms. The van der Waals surface area contributed by atoms with Gasteiger partial charge in [-0.3, -0.25) is 19.2 Å². The van der Waals surface area contributed by atoms with Crippen molar-refractivity contribution in [1.29, 1.82) is 0 Å². The van der Waals surface area contributed by atoms with Crippen molar-refractivity contribution in [3.8, 4) is 22.3 Å². The van der Waals surface area contributed by atoms with Crippen molar-refractivity contribution in [2.75, 3.05) is 79.2 Å². The highest BCUT2D eigenvalue weighted by Crippen LogP contribution is 2.42. The van der Waals surface area contributed by atoms with Crippen molar-refractivity contribution in [2.45, 2.75) is 50.1 Å². The van der Waals surface area contributed by atoms with Gasteiger partial charge in [-0.25, -0.2) is 36.1 Å². The summed E-state index contributed by atoms with van der Waals surface area (Å²) in [6.07, 6.45) is 1.62. The van der Waals surface area contributed by atoms with Gasteiger partial charge in [0.1, 0.15) is 6.61 Å². The number of nitrogens with one attached hydrogen (secondary N) is 2. The molecule has 0 bridgehead atoms. The Bertz CT molecular complexity index is 2790. The van der Waals surface area contributed by atoms with Gasteiger partial charge in [0.15, 0.2) is 12.3 Å². The minimum atomic E-state index is -3.51. The second kappa shape index (κ2) is 20.7. The lowest BCUT2D eigenvalue weighted by Gasteiger charge is -2.29. The molecule has 2 amide bonds. The molecular formula is C45H56N8O11S2. The highest BCUT2D eigenvalue weighted by Gasteiger charge is 2.36. The van der Waals surface area contributed by atoms with Gasteiger partial charge >= 0.3 is 5.97 Å². The van der Waals surface area contributed by atoms with Crippen LogP contribution in [-0.4, -0.2) is 138 Å². The van der Waals surface area contributed by atoms with E-state index in [9.17, 15) is 36.0 Å². The van der Waals surface area contributed by atoms with Crippen LogP contribution in [0.2, 0.25) is 0 Å². The molecule has 4 aliphatic heterocycles. The first-order chi connectivity index (χ1) is 30.7. The quantitative estimate of drug-likeness (QED) is 0.131. The number of carboxylic acids is 1. The number of carboxylic acid groups (broad SMARTS) is 1. The number of carbonyl (C=O) groups is 4. The Morgan fingerprint density at radius 3 is 1.53 bits per heavy atom.